The first-order valence-corrected chi connectivity index (χ1v) is 4.46. The molecule has 0 unspecified atom stereocenters. The second-order valence-corrected chi connectivity index (χ2v) is 2.80. The van der Waals surface area contributed by atoms with Crippen molar-refractivity contribution >= 4 is 11.5 Å². The fourth-order valence-corrected chi connectivity index (χ4v) is 1.09. The van der Waals surface area contributed by atoms with Gasteiger partial charge < -0.3 is 16.4 Å². The van der Waals surface area contributed by atoms with Crippen LogP contribution < -0.4 is 10.9 Å². The van der Waals surface area contributed by atoms with E-state index >= 15 is 0 Å². The molecule has 0 atom stereocenters. The Bertz CT molecular complexity index is 494. The fraction of sp³-hybridized carbons (Fsp3) is 0.100. The number of hydrogen-bond acceptors (Lipinski definition) is 4. The second kappa shape index (κ2) is 6.50. The van der Waals surface area contributed by atoms with E-state index in [2.05, 4.69) is 31.3 Å². The van der Waals surface area contributed by atoms with E-state index in [1.807, 2.05) is 12.1 Å². The molecule has 0 bridgehead atoms. The van der Waals surface area contributed by atoms with E-state index in [1.54, 1.807) is 25.6 Å². The second-order valence-electron chi connectivity index (χ2n) is 2.80. The Balaban J connectivity index is 0.00000128. The average molecular weight is 289 g/mol. The van der Waals surface area contributed by atoms with Crippen LogP contribution in [0.2, 0.25) is 0 Å². The Labute approximate surface area is 118 Å². The minimum atomic E-state index is 0. The van der Waals surface area contributed by atoms with E-state index < -0.39 is 0 Å². The van der Waals surface area contributed by atoms with Crippen molar-refractivity contribution in [2.45, 2.75) is 0 Å². The number of aromatic nitrogens is 3. The third-order valence-electron chi connectivity index (χ3n) is 1.78. The first-order chi connectivity index (χ1) is 7.38. The average Bonchev–Trinajstić information content (AvgIpc) is 2.31. The predicted octanol–water partition coefficient (Wildman–Crippen LogP) is 0.876. The van der Waals surface area contributed by atoms with Gasteiger partial charge in [0, 0.05) is 57.8 Å². The summed E-state index contributed by atoms with van der Waals surface area (Å²) < 4.78 is 0. The zero-order valence-electron chi connectivity index (χ0n) is 8.81. The molecular formula is C10H10N5Y-. The smallest absolute Gasteiger partial charge is 0.218 e. The van der Waals surface area contributed by atoms with Crippen LogP contribution in [0.1, 0.15) is 0 Å². The number of anilines is 2. The molecule has 2 rings (SSSR count). The van der Waals surface area contributed by atoms with Gasteiger partial charge in [-0.3, -0.25) is 9.98 Å². The summed E-state index contributed by atoms with van der Waals surface area (Å²) in [4.78, 5) is 14.9. The molecule has 0 aromatic carbocycles. The van der Waals surface area contributed by atoms with E-state index in [9.17, 15) is 0 Å². The molecule has 2 heterocycles. The summed E-state index contributed by atoms with van der Waals surface area (Å²) in [5.41, 5.74) is 1.48. The maximum absolute atomic E-state index is 4.18. The molecule has 0 fully saturated rings. The molecule has 0 aliphatic carbocycles. The number of aromatic amines is 1. The molecule has 2 N–H and O–H groups in total. The molecule has 0 amide bonds. The molecule has 0 spiro atoms. The Hall–Kier alpha value is -1.07. The molecule has 2 aromatic rings. The number of H-pyrrole nitrogens is 1. The van der Waals surface area contributed by atoms with Crippen molar-refractivity contribution in [1.82, 2.24) is 15.0 Å². The normalized spacial score (nSPS) is 10.7. The molecule has 0 aliphatic heterocycles. The number of rotatable bonds is 2. The van der Waals surface area contributed by atoms with Gasteiger partial charge in [0.15, 0.2) is 0 Å². The molecule has 0 saturated heterocycles. The zero-order valence-corrected chi connectivity index (χ0v) is 11.6. The van der Waals surface area contributed by atoms with Crippen LogP contribution in [0.3, 0.4) is 0 Å². The Morgan fingerprint density at radius 1 is 1.38 bits per heavy atom. The summed E-state index contributed by atoms with van der Waals surface area (Å²) in [6, 6.07) is 6.65. The fourth-order valence-electron chi connectivity index (χ4n) is 1.09. The molecule has 0 saturated carbocycles. The summed E-state index contributed by atoms with van der Waals surface area (Å²) in [5, 5.41) is 3.09. The van der Waals surface area contributed by atoms with Crippen LogP contribution in [0.15, 0.2) is 35.7 Å². The minimum absolute atomic E-state index is 0. The maximum Gasteiger partial charge on any atom is 0.218 e. The molecule has 6 heteroatoms. The predicted molar refractivity (Wildman–Crippen MR) is 56.4 cm³/mol. The Morgan fingerprint density at radius 3 is 2.81 bits per heavy atom. The third-order valence-corrected chi connectivity index (χ3v) is 1.78. The summed E-state index contributed by atoms with van der Waals surface area (Å²) in [6.07, 6.45) is 5.09. The van der Waals surface area contributed by atoms with Crippen molar-refractivity contribution < 1.29 is 32.7 Å². The first-order valence-electron chi connectivity index (χ1n) is 4.46. The van der Waals surface area contributed by atoms with Crippen molar-refractivity contribution in [3.8, 4) is 0 Å². The van der Waals surface area contributed by atoms with Gasteiger partial charge in [0.1, 0.15) is 0 Å². The molecule has 79 valence electrons. The van der Waals surface area contributed by atoms with Gasteiger partial charge in [0.05, 0.1) is 0 Å². The third kappa shape index (κ3) is 3.50. The van der Waals surface area contributed by atoms with E-state index in [-0.39, 0.29) is 32.7 Å². The monoisotopic (exact) mass is 289 g/mol. The van der Waals surface area contributed by atoms with E-state index in [1.165, 1.54) is 0 Å². The first kappa shape index (κ1) is 13.0. The van der Waals surface area contributed by atoms with Crippen LogP contribution in [0.5, 0.6) is 0 Å². The van der Waals surface area contributed by atoms with Crippen LogP contribution in [0.4, 0.5) is 11.5 Å². The van der Waals surface area contributed by atoms with E-state index in [4.69, 9.17) is 0 Å². The van der Waals surface area contributed by atoms with Crippen molar-refractivity contribution in [2.24, 2.45) is 4.99 Å². The van der Waals surface area contributed by atoms with Gasteiger partial charge in [-0.25, -0.2) is 4.98 Å². The quantitative estimate of drug-likeness (QED) is 0.806. The molecule has 1 radical (unpaired) electrons. The number of nitrogens with zero attached hydrogens (tertiary/aromatic N) is 3. The molecule has 2 aromatic heterocycles. The van der Waals surface area contributed by atoms with Crippen LogP contribution in [-0.4, -0.2) is 22.0 Å². The molecule has 16 heavy (non-hydrogen) atoms. The summed E-state index contributed by atoms with van der Waals surface area (Å²) in [7, 11) is 1.68. The van der Waals surface area contributed by atoms with Gasteiger partial charge in [-0.2, -0.15) is 6.20 Å². The SMILES string of the molecule is CN=c1nc(Nc2ccncc2)[c-]c[nH]1.[Y]. The van der Waals surface area contributed by atoms with E-state index in [0.717, 1.165) is 5.69 Å². The van der Waals surface area contributed by atoms with Gasteiger partial charge in [0.2, 0.25) is 5.62 Å². The standard InChI is InChI=1S/C10H10N5.Y/c1-11-10-13-7-4-9(15-10)14-8-2-5-12-6-3-8;/h2-3,5-7H,1H3,(H2,11,12,13,14,15);/q-1;. The summed E-state index contributed by atoms with van der Waals surface area (Å²) in [6.45, 7) is 0. The molecule has 0 aliphatic rings. The van der Waals surface area contributed by atoms with Crippen molar-refractivity contribution in [2.75, 3.05) is 12.4 Å². The number of nitrogens with one attached hydrogen (secondary N) is 2. The van der Waals surface area contributed by atoms with E-state index in [0.29, 0.717) is 11.4 Å². The van der Waals surface area contributed by atoms with Crippen LogP contribution in [0.25, 0.3) is 0 Å². The van der Waals surface area contributed by atoms with Crippen LogP contribution >= 0.6 is 0 Å². The molecule has 5 nitrogen and oxygen atoms in total. The van der Waals surface area contributed by atoms with Gasteiger partial charge in [-0.15, -0.1) is 0 Å². The molecular weight excluding hydrogens is 279 g/mol. The summed E-state index contributed by atoms with van der Waals surface area (Å²) in [5.74, 6) is 0.626. The van der Waals surface area contributed by atoms with Gasteiger partial charge in [0.25, 0.3) is 0 Å². The maximum atomic E-state index is 4.18. The Morgan fingerprint density at radius 2 is 2.12 bits per heavy atom. The number of pyridine rings is 1. The van der Waals surface area contributed by atoms with Gasteiger partial charge >= 0.3 is 0 Å². The topological polar surface area (TPSA) is 66.0 Å². The summed E-state index contributed by atoms with van der Waals surface area (Å²) >= 11 is 0. The largest absolute Gasteiger partial charge is 0.410 e. The minimum Gasteiger partial charge on any atom is -0.410 e. The Kier molecular flexibility index (Phi) is 5.28. The van der Waals surface area contributed by atoms with Gasteiger partial charge in [-0.1, -0.05) is 0 Å². The van der Waals surface area contributed by atoms with Crippen LogP contribution in [-0.2, 0) is 32.7 Å². The van der Waals surface area contributed by atoms with Crippen molar-refractivity contribution in [1.29, 1.82) is 0 Å². The zero-order chi connectivity index (χ0) is 10.5. The van der Waals surface area contributed by atoms with Crippen molar-refractivity contribution in [3.63, 3.8) is 0 Å². The van der Waals surface area contributed by atoms with Crippen LogP contribution in [0, 0.1) is 6.07 Å². The van der Waals surface area contributed by atoms with Gasteiger partial charge in [-0.05, 0) is 18.0 Å². The number of hydrogen-bond donors (Lipinski definition) is 2. The van der Waals surface area contributed by atoms with Crippen molar-refractivity contribution in [3.05, 3.63) is 42.4 Å².